The second kappa shape index (κ2) is 9.56. The Kier molecular flexibility index (Phi) is 6.85. The number of carbonyl (C=O) groups excluding carboxylic acids is 2. The van der Waals surface area contributed by atoms with Gasteiger partial charge in [0.25, 0.3) is 11.6 Å². The summed E-state index contributed by atoms with van der Waals surface area (Å²) in [6.45, 7) is -0.258. The van der Waals surface area contributed by atoms with Gasteiger partial charge in [0.1, 0.15) is 0 Å². The van der Waals surface area contributed by atoms with Crippen molar-refractivity contribution in [3.05, 3.63) is 69.8 Å². The summed E-state index contributed by atoms with van der Waals surface area (Å²) in [5.41, 5.74) is 0.881. The largest absolute Gasteiger partial charge is 0.452 e. The lowest BCUT2D eigenvalue weighted by molar-refractivity contribution is -0.384. The van der Waals surface area contributed by atoms with Crippen LogP contribution in [0.2, 0.25) is 0 Å². The minimum absolute atomic E-state index is 0.00185. The van der Waals surface area contributed by atoms with Crippen LogP contribution in [0.3, 0.4) is 0 Å². The number of hydrogen-bond acceptors (Lipinski definition) is 8. The summed E-state index contributed by atoms with van der Waals surface area (Å²) in [5.74, 6) is -1.69. The number of ether oxygens (including phenoxy) is 1. The van der Waals surface area contributed by atoms with Crippen LogP contribution in [-0.2, 0) is 25.9 Å². The minimum atomic E-state index is -3.16. The average molecular weight is 447 g/mol. The molecule has 1 amide bonds. The van der Waals surface area contributed by atoms with Gasteiger partial charge in [-0.15, -0.1) is 0 Å². The van der Waals surface area contributed by atoms with Crippen LogP contribution < -0.4 is 10.6 Å². The lowest BCUT2D eigenvalue weighted by atomic mass is 10.1. The van der Waals surface area contributed by atoms with E-state index in [0.29, 0.717) is 18.7 Å². The average Bonchev–Trinajstić information content (AvgIpc) is 3.09. The van der Waals surface area contributed by atoms with Gasteiger partial charge in [-0.3, -0.25) is 14.9 Å². The first-order valence-electron chi connectivity index (χ1n) is 9.47. The number of nitrogens with zero attached hydrogens (tertiary/aromatic N) is 1. The Morgan fingerprint density at radius 1 is 1.16 bits per heavy atom. The number of anilines is 1. The van der Waals surface area contributed by atoms with E-state index in [4.69, 9.17) is 4.74 Å². The van der Waals surface area contributed by atoms with Crippen molar-refractivity contribution in [1.29, 1.82) is 0 Å². The van der Waals surface area contributed by atoms with Crippen LogP contribution >= 0.6 is 0 Å². The van der Waals surface area contributed by atoms with Gasteiger partial charge in [0.15, 0.2) is 16.4 Å². The molecule has 0 aromatic heterocycles. The van der Waals surface area contributed by atoms with Crippen LogP contribution in [0.1, 0.15) is 22.3 Å². The van der Waals surface area contributed by atoms with Crippen molar-refractivity contribution in [2.45, 2.75) is 19.0 Å². The summed E-state index contributed by atoms with van der Waals surface area (Å²) in [5, 5.41) is 16.7. The first kappa shape index (κ1) is 22.2. The van der Waals surface area contributed by atoms with Gasteiger partial charge in [-0.05, 0) is 18.1 Å². The molecule has 164 valence electrons. The molecule has 1 unspecified atom stereocenters. The highest BCUT2D eigenvalue weighted by Crippen LogP contribution is 2.24. The van der Waals surface area contributed by atoms with E-state index in [9.17, 15) is 28.1 Å². The molecule has 1 aliphatic rings. The van der Waals surface area contributed by atoms with Crippen molar-refractivity contribution in [2.75, 3.05) is 23.4 Å². The molecule has 1 fully saturated rings. The molecular formula is C20H21N3O7S. The van der Waals surface area contributed by atoms with Gasteiger partial charge >= 0.3 is 5.97 Å². The summed E-state index contributed by atoms with van der Waals surface area (Å²) >= 11 is 0. The fraction of sp³-hybridized carbons (Fsp3) is 0.300. The highest BCUT2D eigenvalue weighted by atomic mass is 32.2. The van der Waals surface area contributed by atoms with Crippen molar-refractivity contribution >= 4 is 33.1 Å². The Labute approximate surface area is 178 Å². The second-order valence-corrected chi connectivity index (χ2v) is 9.30. The van der Waals surface area contributed by atoms with Crippen LogP contribution in [0.4, 0.5) is 11.4 Å². The molecule has 10 nitrogen and oxygen atoms in total. The van der Waals surface area contributed by atoms with Gasteiger partial charge < -0.3 is 15.4 Å². The molecule has 31 heavy (non-hydrogen) atoms. The standard InChI is InChI=1S/C20H21N3O7S/c24-19(22-15-8-9-31(28,29)13-15)12-30-20(25)17-10-16(23(26)27)6-7-18(17)21-11-14-4-2-1-3-5-14/h1-7,10,15,21H,8-9,11-13H2,(H,22,24). The molecule has 11 heteroatoms. The van der Waals surface area contributed by atoms with E-state index < -0.39 is 39.3 Å². The molecular weight excluding hydrogens is 426 g/mol. The predicted molar refractivity (Wildman–Crippen MR) is 112 cm³/mol. The van der Waals surface area contributed by atoms with Crippen molar-refractivity contribution in [1.82, 2.24) is 5.32 Å². The van der Waals surface area contributed by atoms with E-state index in [2.05, 4.69) is 10.6 Å². The third kappa shape index (κ3) is 6.25. The van der Waals surface area contributed by atoms with E-state index in [1.54, 1.807) is 0 Å². The number of nitrogens with one attached hydrogen (secondary N) is 2. The third-order valence-corrected chi connectivity index (χ3v) is 6.46. The maximum Gasteiger partial charge on any atom is 0.341 e. The zero-order chi connectivity index (χ0) is 22.4. The lowest BCUT2D eigenvalue weighted by Gasteiger charge is -2.13. The van der Waals surface area contributed by atoms with Gasteiger partial charge in [0, 0.05) is 30.4 Å². The zero-order valence-corrected chi connectivity index (χ0v) is 17.3. The molecule has 2 aromatic rings. The number of sulfone groups is 1. The number of nitro groups is 1. The molecule has 0 saturated carbocycles. The fourth-order valence-electron chi connectivity index (χ4n) is 3.15. The smallest absolute Gasteiger partial charge is 0.341 e. The van der Waals surface area contributed by atoms with Crippen LogP contribution in [0.15, 0.2) is 48.5 Å². The van der Waals surface area contributed by atoms with Crippen LogP contribution in [0.5, 0.6) is 0 Å². The number of esters is 1. The van der Waals surface area contributed by atoms with Gasteiger partial charge in [0.2, 0.25) is 0 Å². The summed E-state index contributed by atoms with van der Waals surface area (Å²) in [6.07, 6.45) is 0.306. The van der Waals surface area contributed by atoms with Gasteiger partial charge in [-0.25, -0.2) is 13.2 Å². The van der Waals surface area contributed by atoms with Crippen LogP contribution in [-0.4, -0.2) is 49.4 Å². The molecule has 0 spiro atoms. The van der Waals surface area contributed by atoms with E-state index in [0.717, 1.165) is 11.6 Å². The summed E-state index contributed by atoms with van der Waals surface area (Å²) in [4.78, 5) is 35.0. The van der Waals surface area contributed by atoms with E-state index >= 15 is 0 Å². The van der Waals surface area contributed by atoms with E-state index in [1.165, 1.54) is 12.1 Å². The number of nitro benzene ring substituents is 1. The van der Waals surface area contributed by atoms with E-state index in [1.807, 2.05) is 30.3 Å². The van der Waals surface area contributed by atoms with Gasteiger partial charge in [-0.2, -0.15) is 0 Å². The van der Waals surface area contributed by atoms with Crippen molar-refractivity contribution in [3.63, 3.8) is 0 Å². The number of amides is 1. The maximum atomic E-state index is 12.5. The molecule has 2 aromatic carbocycles. The second-order valence-electron chi connectivity index (χ2n) is 7.07. The summed E-state index contributed by atoms with van der Waals surface area (Å²) < 4.78 is 27.9. The molecule has 1 aliphatic heterocycles. The third-order valence-electron chi connectivity index (χ3n) is 4.69. The number of rotatable bonds is 8. The predicted octanol–water partition coefficient (Wildman–Crippen LogP) is 1.67. The Balaban J connectivity index is 1.65. The number of benzene rings is 2. The molecule has 1 atom stereocenters. The van der Waals surface area contributed by atoms with Crippen molar-refractivity contribution in [2.24, 2.45) is 0 Å². The van der Waals surface area contributed by atoms with Gasteiger partial charge in [-0.1, -0.05) is 30.3 Å². The number of carbonyl (C=O) groups is 2. The Hall–Kier alpha value is -3.47. The molecule has 0 radical (unpaired) electrons. The molecule has 2 N–H and O–H groups in total. The van der Waals surface area contributed by atoms with Crippen LogP contribution in [0, 0.1) is 10.1 Å². The molecule has 3 rings (SSSR count). The molecule has 1 saturated heterocycles. The molecule has 0 bridgehead atoms. The zero-order valence-electron chi connectivity index (χ0n) is 16.4. The SMILES string of the molecule is O=C(COC(=O)c1cc([N+](=O)[O-])ccc1NCc1ccccc1)NC1CCS(=O)(=O)C1. The molecule has 0 aliphatic carbocycles. The first-order chi connectivity index (χ1) is 14.7. The molecule has 1 heterocycles. The highest BCUT2D eigenvalue weighted by molar-refractivity contribution is 7.91. The summed E-state index contributed by atoms with van der Waals surface area (Å²) in [6, 6.07) is 12.6. The lowest BCUT2D eigenvalue weighted by Crippen LogP contribution is -2.38. The topological polar surface area (TPSA) is 145 Å². The Morgan fingerprint density at radius 3 is 2.55 bits per heavy atom. The summed E-state index contributed by atoms with van der Waals surface area (Å²) in [7, 11) is -3.16. The van der Waals surface area contributed by atoms with Gasteiger partial charge in [0.05, 0.1) is 22.0 Å². The minimum Gasteiger partial charge on any atom is -0.452 e. The highest BCUT2D eigenvalue weighted by Gasteiger charge is 2.29. The quantitative estimate of drug-likeness (QED) is 0.353. The Morgan fingerprint density at radius 2 is 1.90 bits per heavy atom. The van der Waals surface area contributed by atoms with E-state index in [-0.39, 0.29) is 22.8 Å². The van der Waals surface area contributed by atoms with Crippen molar-refractivity contribution < 1.29 is 27.7 Å². The fourth-order valence-corrected chi connectivity index (χ4v) is 4.82. The van der Waals surface area contributed by atoms with Crippen molar-refractivity contribution in [3.8, 4) is 0 Å². The monoisotopic (exact) mass is 447 g/mol. The first-order valence-corrected chi connectivity index (χ1v) is 11.3. The number of non-ortho nitro benzene ring substituents is 1. The number of hydrogen-bond donors (Lipinski definition) is 2. The van der Waals surface area contributed by atoms with Crippen LogP contribution in [0.25, 0.3) is 0 Å². The Bertz CT molecular complexity index is 1090. The maximum absolute atomic E-state index is 12.5. The normalized spacial score (nSPS) is 17.0.